The smallest absolute Gasteiger partial charge is 0.401 e. The molecule has 0 spiro atoms. The molecule has 0 aromatic carbocycles. The van der Waals surface area contributed by atoms with Crippen molar-refractivity contribution in [2.45, 2.75) is 25.6 Å². The van der Waals surface area contributed by atoms with Gasteiger partial charge in [-0.3, -0.25) is 14.5 Å². The van der Waals surface area contributed by atoms with Crippen LogP contribution >= 0.6 is 0 Å². The molecule has 1 aliphatic heterocycles. The van der Waals surface area contributed by atoms with Crippen LogP contribution < -0.4 is 10.3 Å². The topological polar surface area (TPSA) is 65.6 Å². The summed E-state index contributed by atoms with van der Waals surface area (Å²) in [5.74, 6) is -0.253. The standard InChI is InChI=1S/C15H20F3N3O3/c1-14(2)8-20(9-15(16,17)18)4-5-21(14)13(23)10-7-19-12(22)6-11(10)24-3/h6-7H,4-5,8-9H2,1-3H3,(H,19,22). The number of nitrogens with zero attached hydrogens (tertiary/aromatic N) is 2. The minimum Gasteiger partial charge on any atom is -0.496 e. The first-order valence-corrected chi connectivity index (χ1v) is 7.41. The second kappa shape index (κ2) is 6.46. The van der Waals surface area contributed by atoms with E-state index in [0.717, 1.165) is 0 Å². The van der Waals surface area contributed by atoms with E-state index in [1.807, 2.05) is 0 Å². The molecule has 24 heavy (non-hydrogen) atoms. The van der Waals surface area contributed by atoms with E-state index in [-0.39, 0.29) is 36.9 Å². The van der Waals surface area contributed by atoms with E-state index >= 15 is 0 Å². The quantitative estimate of drug-likeness (QED) is 0.900. The first-order chi connectivity index (χ1) is 11.0. The number of aromatic amines is 1. The Morgan fingerprint density at radius 3 is 2.58 bits per heavy atom. The highest BCUT2D eigenvalue weighted by atomic mass is 19.4. The van der Waals surface area contributed by atoms with Crippen molar-refractivity contribution in [1.29, 1.82) is 0 Å². The van der Waals surface area contributed by atoms with Crippen molar-refractivity contribution in [2.75, 3.05) is 33.3 Å². The number of carbonyl (C=O) groups excluding carboxylic acids is 1. The normalized spacial score (nSPS) is 18.5. The van der Waals surface area contributed by atoms with Crippen LogP contribution in [0.4, 0.5) is 13.2 Å². The number of ether oxygens (including phenoxy) is 1. The minimum absolute atomic E-state index is 0.101. The van der Waals surface area contributed by atoms with Crippen LogP contribution in [-0.2, 0) is 0 Å². The number of piperazine rings is 1. The second-order valence-corrected chi connectivity index (χ2v) is 6.37. The van der Waals surface area contributed by atoms with Gasteiger partial charge in [-0.25, -0.2) is 0 Å². The van der Waals surface area contributed by atoms with Crippen molar-refractivity contribution in [3.63, 3.8) is 0 Å². The van der Waals surface area contributed by atoms with Crippen LogP contribution in [0.2, 0.25) is 0 Å². The summed E-state index contributed by atoms with van der Waals surface area (Å²) in [4.78, 5) is 29.3. The first-order valence-electron chi connectivity index (χ1n) is 7.41. The molecule has 1 saturated heterocycles. The number of pyridine rings is 1. The zero-order valence-corrected chi connectivity index (χ0v) is 13.7. The lowest BCUT2D eigenvalue weighted by atomic mass is 9.97. The molecule has 0 radical (unpaired) electrons. The predicted molar refractivity (Wildman–Crippen MR) is 81.2 cm³/mol. The van der Waals surface area contributed by atoms with Crippen molar-refractivity contribution in [2.24, 2.45) is 0 Å². The number of methoxy groups -OCH3 is 1. The molecule has 134 valence electrons. The molecule has 0 unspecified atom stereocenters. The van der Waals surface area contributed by atoms with E-state index in [1.165, 1.54) is 29.2 Å². The molecule has 2 rings (SSSR count). The second-order valence-electron chi connectivity index (χ2n) is 6.37. The number of nitrogens with one attached hydrogen (secondary N) is 1. The van der Waals surface area contributed by atoms with Crippen LogP contribution in [0.5, 0.6) is 5.75 Å². The molecule has 0 atom stereocenters. The summed E-state index contributed by atoms with van der Waals surface area (Å²) in [6.45, 7) is 2.81. The highest BCUT2D eigenvalue weighted by Gasteiger charge is 2.41. The number of amides is 1. The predicted octanol–water partition coefficient (Wildman–Crippen LogP) is 1.48. The SMILES string of the molecule is COc1cc(=O)[nH]cc1C(=O)N1CCN(CC(F)(F)F)CC1(C)C. The molecule has 1 aliphatic rings. The fourth-order valence-corrected chi connectivity index (χ4v) is 2.95. The fraction of sp³-hybridized carbons (Fsp3) is 0.600. The Hall–Kier alpha value is -2.03. The van der Waals surface area contributed by atoms with Crippen molar-refractivity contribution in [3.8, 4) is 5.75 Å². The Morgan fingerprint density at radius 1 is 1.38 bits per heavy atom. The largest absolute Gasteiger partial charge is 0.496 e. The molecule has 2 heterocycles. The van der Waals surface area contributed by atoms with Crippen LogP contribution in [0.1, 0.15) is 24.2 Å². The summed E-state index contributed by atoms with van der Waals surface area (Å²) in [6.07, 6.45) is -3.01. The van der Waals surface area contributed by atoms with Gasteiger partial charge in [0.05, 0.1) is 24.8 Å². The summed E-state index contributed by atoms with van der Waals surface area (Å²) in [5, 5.41) is 0. The maximum absolute atomic E-state index is 12.8. The maximum Gasteiger partial charge on any atom is 0.401 e. The summed E-state index contributed by atoms with van der Waals surface area (Å²) in [7, 11) is 1.35. The molecular weight excluding hydrogens is 327 g/mol. The number of hydrogen-bond acceptors (Lipinski definition) is 4. The van der Waals surface area contributed by atoms with Crippen LogP contribution in [0, 0.1) is 0 Å². The summed E-state index contributed by atoms with van der Waals surface area (Å²) >= 11 is 0. The van der Waals surface area contributed by atoms with Gasteiger partial charge in [0.2, 0.25) is 0 Å². The van der Waals surface area contributed by atoms with E-state index in [4.69, 9.17) is 4.74 Å². The average Bonchev–Trinajstić information content (AvgIpc) is 2.43. The third-order valence-electron chi connectivity index (χ3n) is 3.97. The number of alkyl halides is 3. The number of H-pyrrole nitrogens is 1. The van der Waals surface area contributed by atoms with Crippen LogP contribution in [-0.4, -0.2) is 65.7 Å². The zero-order chi connectivity index (χ0) is 18.1. The van der Waals surface area contributed by atoms with Crippen LogP contribution in [0.25, 0.3) is 0 Å². The van der Waals surface area contributed by atoms with Gasteiger partial charge in [0.25, 0.3) is 11.5 Å². The van der Waals surface area contributed by atoms with Gasteiger partial charge in [0, 0.05) is 31.9 Å². The zero-order valence-electron chi connectivity index (χ0n) is 13.7. The minimum atomic E-state index is -4.27. The Morgan fingerprint density at radius 2 is 2.04 bits per heavy atom. The molecule has 0 aliphatic carbocycles. The van der Waals surface area contributed by atoms with E-state index in [1.54, 1.807) is 13.8 Å². The highest BCUT2D eigenvalue weighted by Crippen LogP contribution is 2.27. The lowest BCUT2D eigenvalue weighted by molar-refractivity contribution is -0.153. The summed E-state index contributed by atoms with van der Waals surface area (Å²) in [6, 6.07) is 1.17. The third-order valence-corrected chi connectivity index (χ3v) is 3.97. The van der Waals surface area contributed by atoms with Gasteiger partial charge in [-0.05, 0) is 13.8 Å². The highest BCUT2D eigenvalue weighted by molar-refractivity contribution is 5.97. The van der Waals surface area contributed by atoms with E-state index in [2.05, 4.69) is 4.98 Å². The van der Waals surface area contributed by atoms with Crippen molar-refractivity contribution >= 4 is 5.91 Å². The number of rotatable bonds is 3. The Labute approximate surface area is 137 Å². The Kier molecular flexibility index (Phi) is 4.93. The molecule has 1 aromatic rings. The number of halogens is 3. The van der Waals surface area contributed by atoms with Gasteiger partial charge in [-0.1, -0.05) is 0 Å². The lowest BCUT2D eigenvalue weighted by Gasteiger charge is -2.47. The maximum atomic E-state index is 12.8. The Balaban J connectivity index is 2.21. The molecule has 1 amide bonds. The molecule has 6 nitrogen and oxygen atoms in total. The average molecular weight is 347 g/mol. The molecule has 1 aromatic heterocycles. The fourth-order valence-electron chi connectivity index (χ4n) is 2.95. The monoisotopic (exact) mass is 347 g/mol. The van der Waals surface area contributed by atoms with Gasteiger partial charge in [-0.15, -0.1) is 0 Å². The molecule has 0 bridgehead atoms. The number of carbonyl (C=O) groups is 1. The van der Waals surface area contributed by atoms with Crippen LogP contribution in [0.15, 0.2) is 17.1 Å². The van der Waals surface area contributed by atoms with Crippen molar-refractivity contribution in [3.05, 3.63) is 28.2 Å². The van der Waals surface area contributed by atoms with Gasteiger partial charge in [0.15, 0.2) is 0 Å². The molecule has 0 saturated carbocycles. The molecular formula is C15H20F3N3O3. The van der Waals surface area contributed by atoms with Gasteiger partial charge < -0.3 is 14.6 Å². The summed E-state index contributed by atoms with van der Waals surface area (Å²) < 4.78 is 42.8. The Bertz CT molecular complexity index is 670. The van der Waals surface area contributed by atoms with Gasteiger partial charge >= 0.3 is 6.18 Å². The number of hydrogen-bond donors (Lipinski definition) is 1. The molecule has 1 fully saturated rings. The van der Waals surface area contributed by atoms with Crippen molar-refractivity contribution < 1.29 is 22.7 Å². The van der Waals surface area contributed by atoms with Gasteiger partial charge in [0.1, 0.15) is 5.75 Å². The van der Waals surface area contributed by atoms with Crippen molar-refractivity contribution in [1.82, 2.24) is 14.8 Å². The lowest BCUT2D eigenvalue weighted by Crippen LogP contribution is -2.62. The van der Waals surface area contributed by atoms with Gasteiger partial charge in [-0.2, -0.15) is 13.2 Å². The summed E-state index contributed by atoms with van der Waals surface area (Å²) in [5.41, 5.74) is -1.02. The first kappa shape index (κ1) is 18.3. The number of aromatic nitrogens is 1. The molecule has 1 N–H and O–H groups in total. The van der Waals surface area contributed by atoms with E-state index < -0.39 is 23.8 Å². The van der Waals surface area contributed by atoms with Crippen LogP contribution in [0.3, 0.4) is 0 Å². The van der Waals surface area contributed by atoms with E-state index in [9.17, 15) is 22.8 Å². The third kappa shape index (κ3) is 4.08. The van der Waals surface area contributed by atoms with E-state index in [0.29, 0.717) is 0 Å². The molecule has 9 heteroatoms.